The quantitative estimate of drug-likeness (QED) is 0.855. The van der Waals surface area contributed by atoms with Gasteiger partial charge in [-0.05, 0) is 18.9 Å². The van der Waals surface area contributed by atoms with E-state index >= 15 is 0 Å². The number of ether oxygens (including phenoxy) is 2. The second kappa shape index (κ2) is 5.05. The van der Waals surface area contributed by atoms with Gasteiger partial charge in [0.25, 0.3) is 0 Å². The van der Waals surface area contributed by atoms with Crippen LogP contribution in [0.4, 0.5) is 0 Å². The number of nitrogens with two attached hydrogens (primary N) is 1. The number of fused-ring (bicyclic) bond motifs is 1. The summed E-state index contributed by atoms with van der Waals surface area (Å²) in [7, 11) is 0. The molecular weight excluding hydrogens is 250 g/mol. The van der Waals surface area contributed by atoms with E-state index in [0.29, 0.717) is 5.92 Å². The van der Waals surface area contributed by atoms with Gasteiger partial charge in [0.1, 0.15) is 11.4 Å². The second-order valence-corrected chi connectivity index (χ2v) is 6.74. The monoisotopic (exact) mass is 275 g/mol. The molecule has 0 bridgehead atoms. The van der Waals surface area contributed by atoms with Gasteiger partial charge in [-0.25, -0.2) is 0 Å². The van der Waals surface area contributed by atoms with Crippen molar-refractivity contribution in [3.63, 3.8) is 0 Å². The molecule has 110 valence electrons. The van der Waals surface area contributed by atoms with E-state index in [1.54, 1.807) is 0 Å². The Balaban J connectivity index is 1.88. The van der Waals surface area contributed by atoms with Gasteiger partial charge >= 0.3 is 0 Å². The normalized spacial score (nSPS) is 33.0. The molecule has 2 heterocycles. The van der Waals surface area contributed by atoms with Crippen molar-refractivity contribution in [1.29, 1.82) is 0 Å². The molecule has 3 atom stereocenters. The van der Waals surface area contributed by atoms with Gasteiger partial charge in [0, 0.05) is 30.9 Å². The summed E-state index contributed by atoms with van der Waals surface area (Å²) in [5, 5.41) is 0. The van der Waals surface area contributed by atoms with Gasteiger partial charge in [0.15, 0.2) is 0 Å². The molecule has 0 aromatic heterocycles. The Morgan fingerprint density at radius 2 is 2.10 bits per heavy atom. The molecule has 0 saturated carbocycles. The minimum absolute atomic E-state index is 0.0737. The Bertz CT molecular complexity index is 500. The van der Waals surface area contributed by atoms with Crippen molar-refractivity contribution in [1.82, 2.24) is 0 Å². The van der Waals surface area contributed by atoms with E-state index in [2.05, 4.69) is 39.0 Å². The van der Waals surface area contributed by atoms with E-state index in [9.17, 15) is 0 Å². The lowest BCUT2D eigenvalue weighted by Gasteiger charge is -2.46. The highest BCUT2D eigenvalue weighted by molar-refractivity contribution is 5.41. The second-order valence-electron chi connectivity index (χ2n) is 6.74. The Labute approximate surface area is 121 Å². The first-order chi connectivity index (χ1) is 9.49. The van der Waals surface area contributed by atoms with Gasteiger partial charge in [-0.2, -0.15) is 0 Å². The van der Waals surface area contributed by atoms with Crippen LogP contribution in [0.5, 0.6) is 5.75 Å². The van der Waals surface area contributed by atoms with Crippen LogP contribution in [0.3, 0.4) is 0 Å². The van der Waals surface area contributed by atoms with Gasteiger partial charge < -0.3 is 15.2 Å². The fourth-order valence-electron chi connectivity index (χ4n) is 3.47. The summed E-state index contributed by atoms with van der Waals surface area (Å²) >= 11 is 0. The molecule has 2 aliphatic heterocycles. The lowest BCUT2D eigenvalue weighted by molar-refractivity contribution is -0.115. The molecule has 1 saturated heterocycles. The van der Waals surface area contributed by atoms with Gasteiger partial charge in [-0.15, -0.1) is 0 Å². The molecule has 3 nitrogen and oxygen atoms in total. The third-order valence-electron chi connectivity index (χ3n) is 4.69. The molecule has 1 spiro atoms. The average molecular weight is 275 g/mol. The van der Waals surface area contributed by atoms with E-state index < -0.39 is 0 Å². The Morgan fingerprint density at radius 3 is 2.85 bits per heavy atom. The third-order valence-corrected chi connectivity index (χ3v) is 4.69. The number of benzene rings is 1. The summed E-state index contributed by atoms with van der Waals surface area (Å²) in [6.07, 6.45) is 3.07. The third kappa shape index (κ3) is 2.45. The van der Waals surface area contributed by atoms with Crippen LogP contribution < -0.4 is 10.5 Å². The molecule has 1 aromatic carbocycles. The maximum absolute atomic E-state index is 6.42. The molecule has 0 amide bonds. The predicted octanol–water partition coefficient (Wildman–Crippen LogP) is 3.35. The van der Waals surface area contributed by atoms with E-state index in [1.165, 1.54) is 5.56 Å². The van der Waals surface area contributed by atoms with Crippen molar-refractivity contribution in [3.8, 4) is 5.75 Å². The van der Waals surface area contributed by atoms with Crippen LogP contribution in [-0.4, -0.2) is 18.3 Å². The molecule has 1 aromatic rings. The molecule has 3 heteroatoms. The van der Waals surface area contributed by atoms with Crippen LogP contribution >= 0.6 is 0 Å². The van der Waals surface area contributed by atoms with Gasteiger partial charge in [0.2, 0.25) is 0 Å². The molecule has 2 unspecified atom stereocenters. The summed E-state index contributed by atoms with van der Waals surface area (Å²) < 4.78 is 12.3. The molecule has 20 heavy (non-hydrogen) atoms. The molecule has 0 aliphatic carbocycles. The van der Waals surface area contributed by atoms with Crippen molar-refractivity contribution in [2.45, 2.75) is 57.8 Å². The lowest BCUT2D eigenvalue weighted by Crippen LogP contribution is -2.50. The maximum Gasteiger partial charge on any atom is 0.124 e. The summed E-state index contributed by atoms with van der Waals surface area (Å²) in [6.45, 7) is 7.30. The van der Waals surface area contributed by atoms with Gasteiger partial charge in [-0.3, -0.25) is 0 Å². The zero-order valence-electron chi connectivity index (χ0n) is 12.7. The van der Waals surface area contributed by atoms with Crippen LogP contribution in [0.1, 0.15) is 50.3 Å². The molecule has 2 aliphatic rings. The minimum atomic E-state index is -0.130. The smallest absolute Gasteiger partial charge is 0.124 e. The van der Waals surface area contributed by atoms with Crippen LogP contribution in [0.25, 0.3) is 0 Å². The van der Waals surface area contributed by atoms with Crippen LogP contribution in [0, 0.1) is 12.8 Å². The van der Waals surface area contributed by atoms with Crippen LogP contribution in [-0.2, 0) is 4.74 Å². The Morgan fingerprint density at radius 1 is 1.30 bits per heavy atom. The van der Waals surface area contributed by atoms with E-state index in [4.69, 9.17) is 15.2 Å². The van der Waals surface area contributed by atoms with Crippen molar-refractivity contribution in [2.24, 2.45) is 11.7 Å². The maximum atomic E-state index is 6.42. The van der Waals surface area contributed by atoms with Crippen LogP contribution in [0.15, 0.2) is 18.2 Å². The first-order valence-electron chi connectivity index (χ1n) is 7.66. The van der Waals surface area contributed by atoms with Gasteiger partial charge in [0.05, 0.1) is 12.7 Å². The largest absolute Gasteiger partial charge is 0.487 e. The van der Waals surface area contributed by atoms with Crippen LogP contribution in [0.2, 0.25) is 0 Å². The van der Waals surface area contributed by atoms with Crippen molar-refractivity contribution in [2.75, 3.05) is 6.61 Å². The standard InChI is InChI=1S/C17H25NO2/c1-11(2)16-10-17(6-7-19-16)9-14(18)13-8-12(3)4-5-15(13)20-17/h4-5,8,11,14,16H,6-7,9-10,18H2,1-3H3/t14-,16?,17?/m0/s1. The molecule has 2 N–H and O–H groups in total. The predicted molar refractivity (Wildman–Crippen MR) is 79.9 cm³/mol. The minimum Gasteiger partial charge on any atom is -0.487 e. The summed E-state index contributed by atoms with van der Waals surface area (Å²) in [5.41, 5.74) is 8.69. The zero-order valence-corrected chi connectivity index (χ0v) is 12.7. The lowest BCUT2D eigenvalue weighted by atomic mass is 9.78. The molecule has 1 fully saturated rings. The SMILES string of the molecule is Cc1ccc2c(c1)[C@@H](N)CC1(CCOC(C(C)C)C1)O2. The van der Waals surface area contributed by atoms with E-state index in [1.807, 2.05) is 0 Å². The number of aryl methyl sites for hydroxylation is 1. The highest BCUT2D eigenvalue weighted by Gasteiger charge is 2.44. The summed E-state index contributed by atoms with van der Waals surface area (Å²) in [6, 6.07) is 6.41. The number of rotatable bonds is 1. The fourth-order valence-corrected chi connectivity index (χ4v) is 3.47. The number of hydrogen-bond acceptors (Lipinski definition) is 3. The molecule has 0 radical (unpaired) electrons. The Hall–Kier alpha value is -1.06. The van der Waals surface area contributed by atoms with Gasteiger partial charge in [-0.1, -0.05) is 31.5 Å². The summed E-state index contributed by atoms with van der Waals surface area (Å²) in [4.78, 5) is 0. The van der Waals surface area contributed by atoms with E-state index in [-0.39, 0.29) is 17.7 Å². The fraction of sp³-hybridized carbons (Fsp3) is 0.647. The summed E-state index contributed by atoms with van der Waals surface area (Å²) in [5.74, 6) is 1.49. The molecule has 3 rings (SSSR count). The van der Waals surface area contributed by atoms with Crippen molar-refractivity contribution < 1.29 is 9.47 Å². The van der Waals surface area contributed by atoms with Crippen molar-refractivity contribution in [3.05, 3.63) is 29.3 Å². The van der Waals surface area contributed by atoms with Crippen molar-refractivity contribution >= 4 is 0 Å². The first kappa shape index (κ1) is 13.9. The average Bonchev–Trinajstić information content (AvgIpc) is 2.40. The highest BCUT2D eigenvalue weighted by atomic mass is 16.5. The first-order valence-corrected chi connectivity index (χ1v) is 7.66. The number of hydrogen-bond donors (Lipinski definition) is 1. The molecular formula is C17H25NO2. The Kier molecular flexibility index (Phi) is 3.51. The highest BCUT2D eigenvalue weighted by Crippen LogP contribution is 2.45. The van der Waals surface area contributed by atoms with E-state index in [0.717, 1.165) is 37.2 Å². The topological polar surface area (TPSA) is 44.5 Å². The zero-order chi connectivity index (χ0) is 14.3.